The molecular weight excluding hydrogens is 330 g/mol. The zero-order chi connectivity index (χ0) is 17.2. The van der Waals surface area contributed by atoms with E-state index in [4.69, 9.17) is 11.6 Å². The Labute approximate surface area is 153 Å². The number of benzene rings is 1. The molecule has 1 aliphatic rings. The second-order valence-corrected chi connectivity index (χ2v) is 7.06. The molecule has 126 valence electrons. The van der Waals surface area contributed by atoms with Crippen molar-refractivity contribution in [3.8, 4) is 0 Å². The molecule has 0 atom stereocenters. The molecule has 2 aromatic heterocycles. The van der Waals surface area contributed by atoms with Gasteiger partial charge >= 0.3 is 0 Å². The molecule has 0 aliphatic carbocycles. The van der Waals surface area contributed by atoms with Crippen molar-refractivity contribution in [2.45, 2.75) is 26.3 Å². The van der Waals surface area contributed by atoms with Gasteiger partial charge in [0.15, 0.2) is 0 Å². The summed E-state index contributed by atoms with van der Waals surface area (Å²) in [7, 11) is 0. The lowest BCUT2D eigenvalue weighted by Crippen LogP contribution is -2.30. The maximum atomic E-state index is 6.11. The third-order valence-corrected chi connectivity index (χ3v) is 4.94. The monoisotopic (exact) mass is 349 g/mol. The smallest absolute Gasteiger partial charge is 0.0558 e. The lowest BCUT2D eigenvalue weighted by atomic mass is 9.99. The molecule has 0 saturated heterocycles. The molecule has 0 saturated carbocycles. The van der Waals surface area contributed by atoms with E-state index in [9.17, 15) is 0 Å². The van der Waals surface area contributed by atoms with Crippen molar-refractivity contribution < 1.29 is 0 Å². The minimum absolute atomic E-state index is 0.822. The number of hydrogen-bond donors (Lipinski definition) is 0. The lowest BCUT2D eigenvalue weighted by molar-refractivity contribution is 0.729. The first-order valence-corrected chi connectivity index (χ1v) is 8.93. The normalized spacial score (nSPS) is 13.6. The average Bonchev–Trinajstić information content (AvgIpc) is 2.63. The van der Waals surface area contributed by atoms with Crippen molar-refractivity contribution in [1.29, 1.82) is 0 Å². The zero-order valence-electron chi connectivity index (χ0n) is 14.2. The summed E-state index contributed by atoms with van der Waals surface area (Å²) in [6, 6.07) is 12.6. The maximum Gasteiger partial charge on any atom is 0.0558 e. The highest BCUT2D eigenvalue weighted by atomic mass is 35.5. The Bertz CT molecular complexity index is 890. The molecule has 3 aromatic rings. The van der Waals surface area contributed by atoms with Crippen LogP contribution in [0.1, 0.15) is 27.9 Å². The summed E-state index contributed by atoms with van der Waals surface area (Å²) < 4.78 is 0. The van der Waals surface area contributed by atoms with Gasteiger partial charge in [-0.05, 0) is 59.9 Å². The molecule has 1 aliphatic heterocycles. The van der Waals surface area contributed by atoms with Crippen LogP contribution in [0.15, 0.2) is 55.0 Å². The van der Waals surface area contributed by atoms with Crippen LogP contribution in [-0.2, 0) is 19.4 Å². The largest absolute Gasteiger partial charge is 0.366 e. The van der Waals surface area contributed by atoms with E-state index in [0.717, 1.165) is 36.6 Å². The Morgan fingerprint density at radius 2 is 1.92 bits per heavy atom. The lowest BCUT2D eigenvalue weighted by Gasteiger charge is -2.30. The van der Waals surface area contributed by atoms with E-state index >= 15 is 0 Å². The van der Waals surface area contributed by atoms with Crippen molar-refractivity contribution in [3.63, 3.8) is 0 Å². The van der Waals surface area contributed by atoms with E-state index in [0.29, 0.717) is 0 Å². The van der Waals surface area contributed by atoms with Crippen molar-refractivity contribution in [3.05, 3.63) is 88.0 Å². The fourth-order valence-electron chi connectivity index (χ4n) is 3.32. The Kier molecular flexibility index (Phi) is 4.41. The van der Waals surface area contributed by atoms with Gasteiger partial charge in [0.2, 0.25) is 0 Å². The van der Waals surface area contributed by atoms with E-state index in [1.807, 2.05) is 31.6 Å². The molecular formula is C21H20ClN3. The van der Waals surface area contributed by atoms with Crippen LogP contribution in [0.5, 0.6) is 0 Å². The number of fused-ring (bicyclic) bond motifs is 1. The van der Waals surface area contributed by atoms with Crippen molar-refractivity contribution in [1.82, 2.24) is 9.97 Å². The number of hydrogen-bond acceptors (Lipinski definition) is 3. The molecule has 4 rings (SSSR count). The van der Waals surface area contributed by atoms with E-state index in [-0.39, 0.29) is 0 Å². The van der Waals surface area contributed by atoms with Gasteiger partial charge < -0.3 is 4.90 Å². The fourth-order valence-corrected chi connectivity index (χ4v) is 3.52. The van der Waals surface area contributed by atoms with Gasteiger partial charge in [0.1, 0.15) is 0 Å². The summed E-state index contributed by atoms with van der Waals surface area (Å²) in [5.74, 6) is 0. The van der Waals surface area contributed by atoms with Gasteiger partial charge in [-0.1, -0.05) is 23.7 Å². The summed E-state index contributed by atoms with van der Waals surface area (Å²) in [5, 5.41) is 0.822. The number of halogens is 1. The van der Waals surface area contributed by atoms with Crippen molar-refractivity contribution >= 4 is 17.3 Å². The Balaban J connectivity index is 1.53. The van der Waals surface area contributed by atoms with Gasteiger partial charge in [-0.25, -0.2) is 0 Å². The summed E-state index contributed by atoms with van der Waals surface area (Å²) in [5.41, 5.74) is 7.36. The van der Waals surface area contributed by atoms with Crippen molar-refractivity contribution in [2.24, 2.45) is 0 Å². The molecule has 4 heteroatoms. The molecule has 25 heavy (non-hydrogen) atoms. The number of rotatable bonds is 3. The van der Waals surface area contributed by atoms with Gasteiger partial charge in [-0.15, -0.1) is 0 Å². The van der Waals surface area contributed by atoms with Gasteiger partial charge in [0.25, 0.3) is 0 Å². The van der Waals surface area contributed by atoms with E-state index in [2.05, 4.69) is 45.2 Å². The number of nitrogens with zero attached hydrogens (tertiary/aromatic N) is 3. The van der Waals surface area contributed by atoms with Crippen LogP contribution in [0.3, 0.4) is 0 Å². The average molecular weight is 350 g/mol. The Morgan fingerprint density at radius 3 is 2.76 bits per heavy atom. The fraction of sp³-hybridized carbons (Fsp3) is 0.238. The maximum absolute atomic E-state index is 6.11. The first-order chi connectivity index (χ1) is 12.2. The van der Waals surface area contributed by atoms with Gasteiger partial charge in [-0.2, -0.15) is 0 Å². The molecule has 0 N–H and O–H groups in total. The molecule has 0 fully saturated rings. The standard InChI is InChI=1S/C21H20ClN3/c1-15-2-3-16(12-24-15)8-17-9-21(13-23-11-17)25-7-6-18-10-20(22)5-4-19(18)14-25/h2-5,9-13H,6-8,14H2,1H3. The Hall–Kier alpha value is -2.39. The van der Waals surface area contributed by atoms with Gasteiger partial charge in [0.05, 0.1) is 11.9 Å². The second kappa shape index (κ2) is 6.85. The molecule has 0 unspecified atom stereocenters. The van der Waals surface area contributed by atoms with Crippen LogP contribution >= 0.6 is 11.6 Å². The van der Waals surface area contributed by atoms with Crippen LogP contribution in [0.2, 0.25) is 5.02 Å². The summed E-state index contributed by atoms with van der Waals surface area (Å²) in [4.78, 5) is 11.2. The number of pyridine rings is 2. The third-order valence-electron chi connectivity index (χ3n) is 4.71. The highest BCUT2D eigenvalue weighted by Gasteiger charge is 2.17. The van der Waals surface area contributed by atoms with E-state index in [1.54, 1.807) is 0 Å². The van der Waals surface area contributed by atoms with Crippen LogP contribution in [0.4, 0.5) is 5.69 Å². The quantitative estimate of drug-likeness (QED) is 0.692. The molecule has 0 radical (unpaired) electrons. The molecule has 0 spiro atoms. The SMILES string of the molecule is Cc1ccc(Cc2cncc(N3CCc4cc(Cl)ccc4C3)c2)cn1. The predicted molar refractivity (Wildman–Crippen MR) is 102 cm³/mol. The molecule has 0 bridgehead atoms. The van der Waals surface area contributed by atoms with Gasteiger partial charge in [-0.3, -0.25) is 9.97 Å². The number of anilines is 1. The first-order valence-electron chi connectivity index (χ1n) is 8.55. The van der Waals surface area contributed by atoms with Crippen LogP contribution in [0.25, 0.3) is 0 Å². The summed E-state index contributed by atoms with van der Waals surface area (Å²) in [6.45, 7) is 3.90. The third kappa shape index (κ3) is 3.67. The highest BCUT2D eigenvalue weighted by Crippen LogP contribution is 2.27. The van der Waals surface area contributed by atoms with Crippen LogP contribution < -0.4 is 4.90 Å². The number of aryl methyl sites for hydroxylation is 1. The van der Waals surface area contributed by atoms with Gasteiger partial charge in [0, 0.05) is 42.6 Å². The number of aromatic nitrogens is 2. The molecule has 3 heterocycles. The minimum atomic E-state index is 0.822. The topological polar surface area (TPSA) is 29.0 Å². The Morgan fingerprint density at radius 1 is 1.00 bits per heavy atom. The summed E-state index contributed by atoms with van der Waals surface area (Å²) in [6.07, 6.45) is 7.72. The highest BCUT2D eigenvalue weighted by molar-refractivity contribution is 6.30. The van der Waals surface area contributed by atoms with E-state index < -0.39 is 0 Å². The van der Waals surface area contributed by atoms with Crippen LogP contribution in [-0.4, -0.2) is 16.5 Å². The zero-order valence-corrected chi connectivity index (χ0v) is 15.0. The molecule has 0 amide bonds. The predicted octanol–water partition coefficient (Wildman–Crippen LogP) is 4.59. The summed E-state index contributed by atoms with van der Waals surface area (Å²) >= 11 is 6.11. The molecule has 1 aromatic carbocycles. The van der Waals surface area contributed by atoms with E-state index in [1.165, 1.54) is 27.9 Å². The molecule has 3 nitrogen and oxygen atoms in total. The first kappa shape index (κ1) is 16.1. The van der Waals surface area contributed by atoms with Crippen LogP contribution in [0, 0.1) is 6.92 Å². The second-order valence-electron chi connectivity index (χ2n) is 6.62. The minimum Gasteiger partial charge on any atom is -0.366 e. The van der Waals surface area contributed by atoms with Crippen molar-refractivity contribution in [2.75, 3.05) is 11.4 Å².